The maximum Gasteiger partial charge on any atom is 0.317 e. The van der Waals surface area contributed by atoms with Crippen LogP contribution in [0.25, 0.3) is 0 Å². The Morgan fingerprint density at radius 2 is 2.14 bits per heavy atom. The summed E-state index contributed by atoms with van der Waals surface area (Å²) in [6.45, 7) is 5.72. The molecule has 5 nitrogen and oxygen atoms in total. The van der Waals surface area contributed by atoms with Crippen LogP contribution >= 0.6 is 11.3 Å². The van der Waals surface area contributed by atoms with Crippen LogP contribution in [0.1, 0.15) is 28.8 Å². The molecule has 2 aliphatic rings. The molecule has 0 bridgehead atoms. The Kier molecular flexibility index (Phi) is 6.62. The molecule has 1 N–H and O–H groups in total. The van der Waals surface area contributed by atoms with Gasteiger partial charge in [0.1, 0.15) is 0 Å². The van der Waals surface area contributed by atoms with Crippen molar-refractivity contribution in [2.24, 2.45) is 0 Å². The van der Waals surface area contributed by atoms with Crippen molar-refractivity contribution in [3.8, 4) is 0 Å². The van der Waals surface area contributed by atoms with Crippen LogP contribution in [0.4, 0.5) is 4.79 Å². The Morgan fingerprint density at radius 1 is 1.25 bits per heavy atom. The number of urea groups is 1. The van der Waals surface area contributed by atoms with Crippen molar-refractivity contribution in [3.05, 3.63) is 57.8 Å². The standard InChI is InChI=1S/C22H29N3O2S/c26-22(23-10-12-24-11-9-18-5-1-2-6-19(18)15-24)25(16-20-7-3-13-27-20)17-21-8-4-14-28-21/h1-2,4-6,8,14,20H,3,7,9-13,15-17H2,(H,23,26). The SMILES string of the molecule is O=C(NCCN1CCc2ccccc2C1)N(Cc1cccs1)CC1CCCO1. The summed E-state index contributed by atoms with van der Waals surface area (Å²) in [5, 5.41) is 5.20. The molecule has 0 aliphatic carbocycles. The summed E-state index contributed by atoms with van der Waals surface area (Å²) in [5.74, 6) is 0. The lowest BCUT2D eigenvalue weighted by Crippen LogP contribution is -2.45. The van der Waals surface area contributed by atoms with Crippen LogP contribution in [-0.2, 0) is 24.2 Å². The van der Waals surface area contributed by atoms with E-state index < -0.39 is 0 Å². The Hall–Kier alpha value is -1.89. The van der Waals surface area contributed by atoms with Crippen molar-refractivity contribution in [3.63, 3.8) is 0 Å². The van der Waals surface area contributed by atoms with Crippen LogP contribution in [0.2, 0.25) is 0 Å². The van der Waals surface area contributed by atoms with Crippen molar-refractivity contribution >= 4 is 17.4 Å². The number of carbonyl (C=O) groups is 1. The summed E-state index contributed by atoms with van der Waals surface area (Å²) in [4.78, 5) is 18.4. The second-order valence-electron chi connectivity index (χ2n) is 7.62. The number of nitrogens with zero attached hydrogens (tertiary/aromatic N) is 2. The number of amides is 2. The van der Waals surface area contributed by atoms with Gasteiger partial charge in [-0.2, -0.15) is 0 Å². The average Bonchev–Trinajstić information content (AvgIpc) is 3.41. The average molecular weight is 400 g/mol. The molecule has 1 saturated heterocycles. The van der Waals surface area contributed by atoms with Gasteiger partial charge >= 0.3 is 6.03 Å². The molecular formula is C22H29N3O2S. The van der Waals surface area contributed by atoms with E-state index in [-0.39, 0.29) is 12.1 Å². The van der Waals surface area contributed by atoms with Crippen LogP contribution in [0.5, 0.6) is 0 Å². The third-order valence-corrected chi connectivity index (χ3v) is 6.44. The number of ether oxygens (including phenoxy) is 1. The lowest BCUT2D eigenvalue weighted by molar-refractivity contribution is 0.0795. The van der Waals surface area contributed by atoms with Crippen LogP contribution in [0.15, 0.2) is 41.8 Å². The quantitative estimate of drug-likeness (QED) is 0.775. The molecule has 28 heavy (non-hydrogen) atoms. The van der Waals surface area contributed by atoms with Crippen molar-refractivity contribution in [2.45, 2.75) is 38.5 Å². The fourth-order valence-corrected chi connectivity index (χ4v) is 4.74. The minimum atomic E-state index is 0.0151. The minimum absolute atomic E-state index is 0.0151. The number of hydrogen-bond donors (Lipinski definition) is 1. The molecule has 0 radical (unpaired) electrons. The molecule has 4 rings (SSSR count). The van der Waals surface area contributed by atoms with E-state index in [0.717, 1.165) is 45.5 Å². The highest BCUT2D eigenvalue weighted by molar-refractivity contribution is 7.09. The van der Waals surface area contributed by atoms with Crippen molar-refractivity contribution in [1.82, 2.24) is 15.1 Å². The fraction of sp³-hybridized carbons (Fsp3) is 0.500. The van der Waals surface area contributed by atoms with Crippen LogP contribution < -0.4 is 5.32 Å². The number of benzene rings is 1. The van der Waals surface area contributed by atoms with Crippen LogP contribution in [0, 0.1) is 0 Å². The van der Waals surface area contributed by atoms with E-state index in [1.54, 1.807) is 11.3 Å². The lowest BCUT2D eigenvalue weighted by Gasteiger charge is -2.29. The smallest absolute Gasteiger partial charge is 0.317 e. The Morgan fingerprint density at radius 3 is 2.93 bits per heavy atom. The summed E-state index contributed by atoms with van der Waals surface area (Å²) >= 11 is 1.70. The highest BCUT2D eigenvalue weighted by atomic mass is 32.1. The number of nitrogens with one attached hydrogen (secondary N) is 1. The third-order valence-electron chi connectivity index (χ3n) is 5.58. The molecule has 1 fully saturated rings. The molecule has 6 heteroatoms. The Balaban J connectivity index is 1.27. The third kappa shape index (κ3) is 5.13. The summed E-state index contributed by atoms with van der Waals surface area (Å²) in [7, 11) is 0. The first-order valence-electron chi connectivity index (χ1n) is 10.2. The largest absolute Gasteiger partial charge is 0.376 e. The number of carbonyl (C=O) groups excluding carboxylic acids is 1. The van der Waals surface area contributed by atoms with Gasteiger partial charge in [0, 0.05) is 44.2 Å². The van der Waals surface area contributed by atoms with Crippen molar-refractivity contribution in [2.75, 3.05) is 32.8 Å². The zero-order valence-corrected chi connectivity index (χ0v) is 17.1. The molecule has 1 aromatic carbocycles. The van der Waals surface area contributed by atoms with E-state index in [2.05, 4.69) is 45.9 Å². The lowest BCUT2D eigenvalue weighted by atomic mass is 10.00. The summed E-state index contributed by atoms with van der Waals surface area (Å²) in [5.41, 5.74) is 2.87. The molecule has 1 unspecified atom stereocenters. The van der Waals surface area contributed by atoms with E-state index in [9.17, 15) is 4.79 Å². The van der Waals surface area contributed by atoms with E-state index >= 15 is 0 Å². The summed E-state index contributed by atoms with van der Waals surface area (Å²) < 4.78 is 5.76. The van der Waals surface area contributed by atoms with Gasteiger partial charge in [0.05, 0.1) is 12.6 Å². The highest BCUT2D eigenvalue weighted by Crippen LogP contribution is 2.19. The maximum absolute atomic E-state index is 12.8. The zero-order valence-electron chi connectivity index (χ0n) is 16.3. The molecule has 2 aliphatic heterocycles. The summed E-state index contributed by atoms with van der Waals surface area (Å²) in [6, 6.07) is 12.8. The number of rotatable bonds is 7. The van der Waals surface area contributed by atoms with Gasteiger partial charge in [-0.05, 0) is 41.8 Å². The number of hydrogen-bond acceptors (Lipinski definition) is 4. The second kappa shape index (κ2) is 9.54. The molecule has 1 aromatic heterocycles. The minimum Gasteiger partial charge on any atom is -0.376 e. The Labute approximate surface area is 171 Å². The first kappa shape index (κ1) is 19.4. The molecule has 1 atom stereocenters. The van der Waals surface area contributed by atoms with Crippen molar-refractivity contribution < 1.29 is 9.53 Å². The van der Waals surface area contributed by atoms with Gasteiger partial charge in [-0.25, -0.2) is 4.79 Å². The Bertz CT molecular complexity index is 759. The second-order valence-corrected chi connectivity index (χ2v) is 8.65. The molecule has 150 valence electrons. The van der Waals surface area contributed by atoms with Crippen LogP contribution in [0.3, 0.4) is 0 Å². The van der Waals surface area contributed by atoms with E-state index in [1.807, 2.05) is 11.0 Å². The zero-order chi connectivity index (χ0) is 19.2. The molecule has 0 spiro atoms. The van der Waals surface area contributed by atoms with Gasteiger partial charge in [-0.1, -0.05) is 30.3 Å². The summed E-state index contributed by atoms with van der Waals surface area (Å²) in [6.07, 6.45) is 3.40. The van der Waals surface area contributed by atoms with Gasteiger partial charge in [0.25, 0.3) is 0 Å². The van der Waals surface area contributed by atoms with Gasteiger partial charge in [0.2, 0.25) is 0 Å². The van der Waals surface area contributed by atoms with Gasteiger partial charge < -0.3 is 15.0 Å². The predicted molar refractivity (Wildman–Crippen MR) is 113 cm³/mol. The molecule has 3 heterocycles. The predicted octanol–water partition coefficient (Wildman–Crippen LogP) is 3.50. The fourth-order valence-electron chi connectivity index (χ4n) is 4.02. The monoisotopic (exact) mass is 399 g/mol. The van der Waals surface area contributed by atoms with Crippen molar-refractivity contribution in [1.29, 1.82) is 0 Å². The van der Waals surface area contributed by atoms with Gasteiger partial charge in [-0.3, -0.25) is 4.90 Å². The van der Waals surface area contributed by atoms with E-state index in [0.29, 0.717) is 19.6 Å². The van der Waals surface area contributed by atoms with E-state index in [4.69, 9.17) is 4.74 Å². The van der Waals surface area contributed by atoms with Gasteiger partial charge in [0.15, 0.2) is 0 Å². The number of fused-ring (bicyclic) bond motifs is 1. The number of thiophene rings is 1. The topological polar surface area (TPSA) is 44.8 Å². The molecule has 2 amide bonds. The van der Waals surface area contributed by atoms with Gasteiger partial charge in [-0.15, -0.1) is 11.3 Å². The van der Waals surface area contributed by atoms with Crippen LogP contribution in [-0.4, -0.2) is 54.7 Å². The van der Waals surface area contributed by atoms with E-state index in [1.165, 1.54) is 16.0 Å². The molecule has 0 saturated carbocycles. The first-order valence-corrected chi connectivity index (χ1v) is 11.1. The highest BCUT2D eigenvalue weighted by Gasteiger charge is 2.23. The molecule has 2 aromatic rings. The maximum atomic E-state index is 12.8. The normalized spacial score (nSPS) is 19.4. The first-order chi connectivity index (χ1) is 13.8. The molecular weight excluding hydrogens is 370 g/mol.